The molecule has 1 heterocycles. The third-order valence-corrected chi connectivity index (χ3v) is 6.04. The number of halogens is 2. The van der Waals surface area contributed by atoms with Crippen LogP contribution in [0, 0.1) is 0 Å². The van der Waals surface area contributed by atoms with E-state index in [9.17, 15) is 18.0 Å². The molecule has 11 heteroatoms. The lowest BCUT2D eigenvalue weighted by molar-refractivity contribution is -0.133. The number of nitrogens with one attached hydrogen (secondary N) is 1. The van der Waals surface area contributed by atoms with Crippen molar-refractivity contribution in [1.29, 1.82) is 0 Å². The summed E-state index contributed by atoms with van der Waals surface area (Å²) in [5.74, 6) is -1.24. The summed E-state index contributed by atoms with van der Waals surface area (Å²) in [6, 6.07) is 6.19. The fourth-order valence-corrected chi connectivity index (χ4v) is 3.43. The number of carbonyl (C=O) groups excluding carboxylic acids is 2. The van der Waals surface area contributed by atoms with Crippen LogP contribution in [0.5, 0.6) is 0 Å². The van der Waals surface area contributed by atoms with Gasteiger partial charge in [0.2, 0.25) is 10.0 Å². The van der Waals surface area contributed by atoms with Gasteiger partial charge in [0.15, 0.2) is 6.61 Å². The summed E-state index contributed by atoms with van der Waals surface area (Å²) in [5.41, 5.74) is 0.773. The minimum absolute atomic E-state index is 0.00811. The highest BCUT2D eigenvalue weighted by molar-refractivity contribution is 7.89. The van der Waals surface area contributed by atoms with Gasteiger partial charge in [0.25, 0.3) is 5.91 Å². The summed E-state index contributed by atoms with van der Waals surface area (Å²) in [4.78, 5) is 25.7. The lowest BCUT2D eigenvalue weighted by Crippen LogP contribution is -2.31. The van der Waals surface area contributed by atoms with Gasteiger partial charge in [-0.25, -0.2) is 17.9 Å². The van der Waals surface area contributed by atoms with Crippen molar-refractivity contribution in [3.8, 4) is 0 Å². The molecule has 0 aliphatic rings. The van der Waals surface area contributed by atoms with Gasteiger partial charge in [-0.05, 0) is 30.8 Å². The third kappa shape index (κ3) is 5.26. The molecular formula is C17H19Cl2N3O5S. The van der Waals surface area contributed by atoms with Crippen molar-refractivity contribution in [3.05, 3.63) is 51.8 Å². The van der Waals surface area contributed by atoms with Gasteiger partial charge in [0, 0.05) is 26.8 Å². The zero-order chi connectivity index (χ0) is 21.1. The number of hydrogen-bond donors (Lipinski definition) is 1. The molecule has 0 aliphatic carbocycles. The van der Waals surface area contributed by atoms with Crippen LogP contribution in [-0.2, 0) is 33.1 Å². The van der Waals surface area contributed by atoms with Crippen molar-refractivity contribution >= 4 is 45.1 Å². The molecule has 28 heavy (non-hydrogen) atoms. The number of amides is 1. The number of aryl methyl sites for hydroxylation is 1. The highest BCUT2D eigenvalue weighted by atomic mass is 35.5. The molecule has 1 amide bonds. The average Bonchev–Trinajstić information content (AvgIpc) is 3.05. The molecule has 1 aromatic carbocycles. The van der Waals surface area contributed by atoms with Gasteiger partial charge in [-0.15, -0.1) is 0 Å². The molecule has 0 atom stereocenters. The van der Waals surface area contributed by atoms with Crippen molar-refractivity contribution in [2.45, 2.75) is 11.4 Å². The average molecular weight is 448 g/mol. The van der Waals surface area contributed by atoms with E-state index in [1.54, 1.807) is 25.2 Å². The first-order valence-corrected chi connectivity index (χ1v) is 10.2. The third-order valence-electron chi connectivity index (χ3n) is 3.92. The van der Waals surface area contributed by atoms with E-state index in [0.29, 0.717) is 10.0 Å². The summed E-state index contributed by atoms with van der Waals surface area (Å²) >= 11 is 11.8. The van der Waals surface area contributed by atoms with Gasteiger partial charge in [-0.1, -0.05) is 29.3 Å². The Morgan fingerprint density at radius 2 is 1.89 bits per heavy atom. The van der Waals surface area contributed by atoms with Gasteiger partial charge in [0.1, 0.15) is 10.6 Å². The van der Waals surface area contributed by atoms with Gasteiger partial charge >= 0.3 is 5.97 Å². The van der Waals surface area contributed by atoms with Gasteiger partial charge in [0.05, 0.1) is 10.0 Å². The number of sulfonamides is 1. The van der Waals surface area contributed by atoms with Crippen LogP contribution in [0.15, 0.2) is 35.4 Å². The van der Waals surface area contributed by atoms with E-state index in [1.165, 1.54) is 35.8 Å². The van der Waals surface area contributed by atoms with Gasteiger partial charge < -0.3 is 14.2 Å². The Balaban J connectivity index is 1.98. The number of esters is 1. The van der Waals surface area contributed by atoms with Crippen molar-refractivity contribution < 1.29 is 22.7 Å². The first kappa shape index (κ1) is 22.2. The number of carbonyl (C=O) groups is 2. The molecular weight excluding hydrogens is 429 g/mol. The fraction of sp³-hybridized carbons (Fsp3) is 0.294. The second-order valence-electron chi connectivity index (χ2n) is 5.95. The SMILES string of the molecule is CNS(=O)(=O)c1cc(C(=O)OCC(=O)N(C)Cc2ccc(Cl)c(Cl)c2)n(C)c1. The quantitative estimate of drug-likeness (QED) is 0.654. The molecule has 152 valence electrons. The molecule has 1 N–H and O–H groups in total. The molecule has 0 spiro atoms. The summed E-state index contributed by atoms with van der Waals surface area (Å²) in [6.07, 6.45) is 1.28. The Labute approximate surface area is 173 Å². The standard InChI is InChI=1S/C17H19Cl2N3O5S/c1-20-28(25,26)12-7-15(21(2)9-12)17(24)27-10-16(23)22(3)8-11-4-5-13(18)14(19)6-11/h4-7,9,20H,8,10H2,1-3H3. The Kier molecular flexibility index (Phi) is 7.11. The largest absolute Gasteiger partial charge is 0.451 e. The molecule has 0 unspecified atom stereocenters. The second-order valence-corrected chi connectivity index (χ2v) is 8.65. The molecule has 8 nitrogen and oxygen atoms in total. The maximum Gasteiger partial charge on any atom is 0.355 e. The summed E-state index contributed by atoms with van der Waals surface area (Å²) in [6.45, 7) is -0.238. The normalized spacial score (nSPS) is 11.3. The van der Waals surface area contributed by atoms with Crippen molar-refractivity contribution in [3.63, 3.8) is 0 Å². The van der Waals surface area contributed by atoms with Gasteiger partial charge in [-0.3, -0.25) is 4.79 Å². The van der Waals surface area contributed by atoms with Crippen LogP contribution in [0.1, 0.15) is 16.1 Å². The predicted molar refractivity (Wildman–Crippen MR) is 105 cm³/mol. The molecule has 2 rings (SSSR count). The Morgan fingerprint density at radius 3 is 2.50 bits per heavy atom. The number of ether oxygens (including phenoxy) is 1. The second kappa shape index (κ2) is 8.95. The molecule has 2 aromatic rings. The van der Waals surface area contributed by atoms with Crippen LogP contribution in [-0.4, -0.2) is 50.5 Å². The van der Waals surface area contributed by atoms with E-state index >= 15 is 0 Å². The van der Waals surface area contributed by atoms with E-state index in [0.717, 1.165) is 5.56 Å². The van der Waals surface area contributed by atoms with Crippen LogP contribution < -0.4 is 4.72 Å². The number of aromatic nitrogens is 1. The van der Waals surface area contributed by atoms with E-state index in [1.807, 2.05) is 0 Å². The monoisotopic (exact) mass is 447 g/mol. The highest BCUT2D eigenvalue weighted by Crippen LogP contribution is 2.23. The molecule has 0 bridgehead atoms. The number of benzene rings is 1. The Bertz CT molecular complexity index is 1000. The van der Waals surface area contributed by atoms with Crippen molar-refractivity contribution in [2.75, 3.05) is 20.7 Å². The smallest absolute Gasteiger partial charge is 0.355 e. The molecule has 0 fully saturated rings. The fourth-order valence-electron chi connectivity index (χ4n) is 2.31. The summed E-state index contributed by atoms with van der Waals surface area (Å²) in [5, 5.41) is 0.790. The minimum atomic E-state index is -3.69. The maximum absolute atomic E-state index is 12.2. The number of rotatable bonds is 7. The van der Waals surface area contributed by atoms with Crippen LogP contribution in [0.4, 0.5) is 0 Å². The van der Waals surface area contributed by atoms with Crippen molar-refractivity contribution in [1.82, 2.24) is 14.2 Å². The zero-order valence-corrected chi connectivity index (χ0v) is 17.7. The number of hydrogen-bond acceptors (Lipinski definition) is 5. The Hall–Kier alpha value is -2.07. The zero-order valence-electron chi connectivity index (χ0n) is 15.4. The lowest BCUT2D eigenvalue weighted by Gasteiger charge is -2.17. The van der Waals surface area contributed by atoms with Crippen LogP contribution >= 0.6 is 23.2 Å². The maximum atomic E-state index is 12.2. The molecule has 0 radical (unpaired) electrons. The van der Waals surface area contributed by atoms with E-state index in [2.05, 4.69) is 4.72 Å². The van der Waals surface area contributed by atoms with E-state index in [4.69, 9.17) is 27.9 Å². The van der Waals surface area contributed by atoms with Gasteiger partial charge in [-0.2, -0.15) is 0 Å². The van der Waals surface area contributed by atoms with Crippen LogP contribution in [0.3, 0.4) is 0 Å². The highest BCUT2D eigenvalue weighted by Gasteiger charge is 2.21. The minimum Gasteiger partial charge on any atom is -0.451 e. The summed E-state index contributed by atoms with van der Waals surface area (Å²) in [7, 11) is 0.631. The number of likely N-dealkylation sites (N-methyl/N-ethyl adjacent to an activating group) is 1. The van der Waals surface area contributed by atoms with E-state index < -0.39 is 28.5 Å². The first-order valence-electron chi connectivity index (χ1n) is 8.00. The topological polar surface area (TPSA) is 97.7 Å². The van der Waals surface area contributed by atoms with Crippen LogP contribution in [0.25, 0.3) is 0 Å². The molecule has 0 aliphatic heterocycles. The predicted octanol–water partition coefficient (Wildman–Crippen LogP) is 2.06. The van der Waals surface area contributed by atoms with Crippen LogP contribution in [0.2, 0.25) is 10.0 Å². The molecule has 0 saturated carbocycles. The van der Waals surface area contributed by atoms with Crippen molar-refractivity contribution in [2.24, 2.45) is 7.05 Å². The Morgan fingerprint density at radius 1 is 1.21 bits per heavy atom. The lowest BCUT2D eigenvalue weighted by atomic mass is 10.2. The van der Waals surface area contributed by atoms with E-state index in [-0.39, 0.29) is 17.1 Å². The first-order chi connectivity index (χ1) is 13.0. The number of nitrogens with zero attached hydrogens (tertiary/aromatic N) is 2. The molecule has 1 aromatic heterocycles. The molecule has 0 saturated heterocycles. The summed E-state index contributed by atoms with van der Waals surface area (Å²) < 4.78 is 32.1.